The Balaban J connectivity index is 2.38. The Hall–Kier alpha value is -0.830. The average Bonchev–Trinajstić information content (AvgIpc) is 2.29. The lowest BCUT2D eigenvalue weighted by Crippen LogP contribution is -2.35. The molecule has 0 aromatic rings. The summed E-state index contributed by atoms with van der Waals surface area (Å²) in [7, 11) is 0. The van der Waals surface area contributed by atoms with E-state index in [9.17, 15) is 4.79 Å². The molecule has 98 valence electrons. The van der Waals surface area contributed by atoms with Crippen LogP contribution < -0.4 is 0 Å². The molecule has 0 bridgehead atoms. The molecule has 0 N–H and O–H groups in total. The average molecular weight is 240 g/mol. The van der Waals surface area contributed by atoms with E-state index in [1.165, 1.54) is 0 Å². The van der Waals surface area contributed by atoms with Crippen LogP contribution >= 0.6 is 0 Å². The zero-order chi connectivity index (χ0) is 12.8. The van der Waals surface area contributed by atoms with Crippen LogP contribution in [0.2, 0.25) is 0 Å². The summed E-state index contributed by atoms with van der Waals surface area (Å²) in [6.45, 7) is 10.8. The van der Waals surface area contributed by atoms with E-state index in [0.717, 1.165) is 19.3 Å². The van der Waals surface area contributed by atoms with Crippen molar-refractivity contribution in [3.8, 4) is 0 Å². The van der Waals surface area contributed by atoms with Gasteiger partial charge in [0.15, 0.2) is 0 Å². The largest absolute Gasteiger partial charge is 0.432 e. The van der Waals surface area contributed by atoms with E-state index < -0.39 is 0 Å². The van der Waals surface area contributed by atoms with E-state index >= 15 is 0 Å². The third-order valence-corrected chi connectivity index (χ3v) is 3.47. The molecule has 1 aliphatic rings. The maximum absolute atomic E-state index is 11.7. The van der Waals surface area contributed by atoms with Gasteiger partial charge in [0.2, 0.25) is 6.29 Å². The molecule has 0 aliphatic carbocycles. The molecule has 3 heteroatoms. The van der Waals surface area contributed by atoms with Crippen molar-refractivity contribution >= 4 is 5.97 Å². The van der Waals surface area contributed by atoms with Crippen molar-refractivity contribution in [1.82, 2.24) is 0 Å². The Labute approximate surface area is 104 Å². The molecule has 0 amide bonds. The highest BCUT2D eigenvalue weighted by molar-refractivity contribution is 5.87. The second-order valence-electron chi connectivity index (χ2n) is 4.90. The first-order chi connectivity index (χ1) is 8.08. The predicted octanol–water partition coefficient (Wildman–Crippen LogP) is 3.29. The van der Waals surface area contributed by atoms with E-state index in [0.29, 0.717) is 30.4 Å². The van der Waals surface area contributed by atoms with Gasteiger partial charge >= 0.3 is 5.97 Å². The van der Waals surface area contributed by atoms with E-state index in [-0.39, 0.29) is 12.3 Å². The molecule has 3 nitrogen and oxygen atoms in total. The minimum absolute atomic E-state index is 0.306. The van der Waals surface area contributed by atoms with E-state index in [1.807, 2.05) is 6.92 Å². The van der Waals surface area contributed by atoms with Crippen molar-refractivity contribution in [3.05, 3.63) is 12.2 Å². The summed E-state index contributed by atoms with van der Waals surface area (Å²) in [4.78, 5) is 11.7. The lowest BCUT2D eigenvalue weighted by molar-refractivity contribution is -0.195. The number of esters is 1. The molecule has 1 heterocycles. The number of hydrogen-bond acceptors (Lipinski definition) is 3. The maximum Gasteiger partial charge on any atom is 0.335 e. The molecule has 1 fully saturated rings. The lowest BCUT2D eigenvalue weighted by Gasteiger charge is -2.33. The molecular weight excluding hydrogens is 216 g/mol. The topological polar surface area (TPSA) is 35.5 Å². The Kier molecular flexibility index (Phi) is 5.69. The molecule has 17 heavy (non-hydrogen) atoms. The van der Waals surface area contributed by atoms with Gasteiger partial charge in [0.25, 0.3) is 0 Å². The van der Waals surface area contributed by atoms with Gasteiger partial charge in [-0.25, -0.2) is 4.79 Å². The zero-order valence-corrected chi connectivity index (χ0v) is 11.2. The lowest BCUT2D eigenvalue weighted by atomic mass is 9.88. The van der Waals surface area contributed by atoms with Gasteiger partial charge in [-0.3, -0.25) is 0 Å². The minimum atomic E-state index is -0.381. The van der Waals surface area contributed by atoms with Gasteiger partial charge in [0.05, 0.1) is 6.61 Å². The second kappa shape index (κ2) is 6.80. The van der Waals surface area contributed by atoms with Crippen LogP contribution in [0.25, 0.3) is 0 Å². The number of rotatable bonds is 5. The fraction of sp³-hybridized carbons (Fsp3) is 0.786. The molecule has 3 atom stereocenters. The van der Waals surface area contributed by atoms with Crippen molar-refractivity contribution in [2.45, 2.75) is 52.7 Å². The van der Waals surface area contributed by atoms with Gasteiger partial charge in [0, 0.05) is 12.0 Å². The quantitative estimate of drug-likeness (QED) is 0.546. The molecule has 1 saturated heterocycles. The Bertz CT molecular complexity index is 273. The molecule has 0 radical (unpaired) electrons. The first kappa shape index (κ1) is 14.2. The van der Waals surface area contributed by atoms with E-state index in [4.69, 9.17) is 9.47 Å². The van der Waals surface area contributed by atoms with Crippen molar-refractivity contribution < 1.29 is 14.3 Å². The molecular formula is C14H24O3. The van der Waals surface area contributed by atoms with Crippen LogP contribution in [0.15, 0.2) is 12.2 Å². The van der Waals surface area contributed by atoms with E-state index in [2.05, 4.69) is 20.4 Å². The van der Waals surface area contributed by atoms with Crippen LogP contribution in [-0.4, -0.2) is 18.9 Å². The SMILES string of the molecule is C=C(CCC)C(=O)OC1CC(C)C(CC)CO1. The van der Waals surface area contributed by atoms with Crippen LogP contribution in [-0.2, 0) is 14.3 Å². The smallest absolute Gasteiger partial charge is 0.335 e. The van der Waals surface area contributed by atoms with Gasteiger partial charge in [-0.2, -0.15) is 0 Å². The summed E-state index contributed by atoms with van der Waals surface area (Å²) >= 11 is 0. The van der Waals surface area contributed by atoms with Gasteiger partial charge in [-0.05, 0) is 18.3 Å². The molecule has 1 aliphatic heterocycles. The highest BCUT2D eigenvalue weighted by Crippen LogP contribution is 2.28. The molecule has 0 aromatic heterocycles. The Morgan fingerprint density at radius 2 is 2.18 bits per heavy atom. The number of carbonyl (C=O) groups excluding carboxylic acids is 1. The third kappa shape index (κ3) is 4.15. The monoisotopic (exact) mass is 240 g/mol. The molecule has 0 spiro atoms. The van der Waals surface area contributed by atoms with Crippen LogP contribution in [0.4, 0.5) is 0 Å². The van der Waals surface area contributed by atoms with Crippen molar-refractivity contribution in [1.29, 1.82) is 0 Å². The summed E-state index contributed by atoms with van der Waals surface area (Å²) in [5, 5.41) is 0. The Morgan fingerprint density at radius 1 is 1.47 bits per heavy atom. The van der Waals surface area contributed by atoms with Crippen LogP contribution in [0.1, 0.15) is 46.5 Å². The number of ether oxygens (including phenoxy) is 2. The molecule has 0 aromatic carbocycles. The second-order valence-corrected chi connectivity index (χ2v) is 4.90. The van der Waals surface area contributed by atoms with Gasteiger partial charge in [-0.1, -0.05) is 40.2 Å². The summed E-state index contributed by atoms with van der Waals surface area (Å²) in [5.74, 6) is 0.828. The summed E-state index contributed by atoms with van der Waals surface area (Å²) in [5.41, 5.74) is 0.543. The van der Waals surface area contributed by atoms with Crippen molar-refractivity contribution in [3.63, 3.8) is 0 Å². The zero-order valence-electron chi connectivity index (χ0n) is 11.2. The summed E-state index contributed by atoms with van der Waals surface area (Å²) < 4.78 is 10.9. The first-order valence-corrected chi connectivity index (χ1v) is 6.58. The minimum Gasteiger partial charge on any atom is -0.432 e. The van der Waals surface area contributed by atoms with Crippen molar-refractivity contribution in [2.24, 2.45) is 11.8 Å². The van der Waals surface area contributed by atoms with Crippen molar-refractivity contribution in [2.75, 3.05) is 6.61 Å². The van der Waals surface area contributed by atoms with Gasteiger partial charge < -0.3 is 9.47 Å². The standard InChI is InChI=1S/C14H24O3/c1-5-7-10(3)14(15)17-13-8-11(4)12(6-2)9-16-13/h11-13H,3,5-9H2,1-2,4H3. The summed E-state index contributed by atoms with van der Waals surface area (Å²) in [6, 6.07) is 0. The molecule has 3 unspecified atom stereocenters. The normalized spacial score (nSPS) is 28.8. The van der Waals surface area contributed by atoms with Crippen LogP contribution in [0, 0.1) is 11.8 Å². The van der Waals surface area contributed by atoms with Crippen LogP contribution in [0.5, 0.6) is 0 Å². The van der Waals surface area contributed by atoms with Gasteiger partial charge in [0.1, 0.15) is 0 Å². The fourth-order valence-corrected chi connectivity index (χ4v) is 2.17. The number of hydrogen-bond donors (Lipinski definition) is 0. The van der Waals surface area contributed by atoms with E-state index in [1.54, 1.807) is 0 Å². The van der Waals surface area contributed by atoms with Crippen LogP contribution in [0.3, 0.4) is 0 Å². The first-order valence-electron chi connectivity index (χ1n) is 6.58. The maximum atomic E-state index is 11.7. The molecule has 0 saturated carbocycles. The number of carbonyl (C=O) groups is 1. The Morgan fingerprint density at radius 3 is 2.71 bits per heavy atom. The predicted molar refractivity (Wildman–Crippen MR) is 67.4 cm³/mol. The molecule has 1 rings (SSSR count). The summed E-state index contributed by atoms with van der Waals surface area (Å²) in [6.07, 6.45) is 3.13. The highest BCUT2D eigenvalue weighted by Gasteiger charge is 2.29. The fourth-order valence-electron chi connectivity index (χ4n) is 2.17. The third-order valence-electron chi connectivity index (χ3n) is 3.47. The van der Waals surface area contributed by atoms with Gasteiger partial charge in [-0.15, -0.1) is 0 Å². The highest BCUT2D eigenvalue weighted by atomic mass is 16.7.